The monoisotopic (exact) mass is 256 g/mol. The topological polar surface area (TPSA) is 58.6 Å². The van der Waals surface area contributed by atoms with Crippen LogP contribution < -0.4 is 9.62 Å². The molecule has 0 unspecified atom stereocenters. The molecule has 0 saturated heterocycles. The average Bonchev–Trinajstić information content (AvgIpc) is 2.45. The van der Waals surface area contributed by atoms with Crippen molar-refractivity contribution in [1.82, 2.24) is 4.72 Å². The fourth-order valence-electron chi connectivity index (χ4n) is 1.89. The summed E-state index contributed by atoms with van der Waals surface area (Å²) < 4.78 is 31.5. The number of nitrogens with zero attached hydrogens (tertiary/aromatic N) is 1. The maximum Gasteiger partial charge on any atom is 0.242 e. The van der Waals surface area contributed by atoms with Gasteiger partial charge in [0.1, 0.15) is 4.90 Å². The number of methoxy groups -OCH3 is 1. The number of benzene rings is 1. The molecular formula is C11H16N2O3S. The van der Waals surface area contributed by atoms with Crippen molar-refractivity contribution in [3.05, 3.63) is 24.3 Å². The lowest BCUT2D eigenvalue weighted by molar-refractivity contribution is 0.205. The summed E-state index contributed by atoms with van der Waals surface area (Å²) in [4.78, 5) is 2.37. The van der Waals surface area contributed by atoms with Crippen LogP contribution in [0.15, 0.2) is 29.2 Å². The second kappa shape index (κ2) is 5.03. The Morgan fingerprint density at radius 2 is 2.18 bits per heavy atom. The molecule has 1 heterocycles. The van der Waals surface area contributed by atoms with Gasteiger partial charge in [-0.15, -0.1) is 0 Å². The Bertz CT molecular complexity index is 487. The maximum absolute atomic E-state index is 11.9. The quantitative estimate of drug-likeness (QED) is 0.852. The van der Waals surface area contributed by atoms with Gasteiger partial charge >= 0.3 is 0 Å². The summed E-state index contributed by atoms with van der Waals surface area (Å²) in [5, 5.41) is 0. The lowest BCUT2D eigenvalue weighted by atomic mass is 10.3. The molecule has 0 fully saturated rings. The molecule has 1 N–H and O–H groups in total. The largest absolute Gasteiger partial charge is 0.383 e. The molecule has 1 aromatic rings. The van der Waals surface area contributed by atoms with Crippen molar-refractivity contribution in [2.24, 2.45) is 0 Å². The van der Waals surface area contributed by atoms with Gasteiger partial charge in [-0.3, -0.25) is 0 Å². The third-order valence-corrected chi connectivity index (χ3v) is 4.24. The highest BCUT2D eigenvalue weighted by atomic mass is 32.2. The van der Waals surface area contributed by atoms with Crippen LogP contribution in [0.5, 0.6) is 0 Å². The molecule has 0 radical (unpaired) electrons. The fourth-order valence-corrected chi connectivity index (χ4v) is 3.14. The lowest BCUT2D eigenvalue weighted by Gasteiger charge is -2.23. The summed E-state index contributed by atoms with van der Waals surface area (Å²) in [6.45, 7) is 2.33. The van der Waals surface area contributed by atoms with Crippen LogP contribution in [-0.4, -0.2) is 41.8 Å². The van der Waals surface area contributed by atoms with Gasteiger partial charge in [-0.25, -0.2) is 13.1 Å². The highest BCUT2D eigenvalue weighted by Crippen LogP contribution is 2.26. The molecule has 2 rings (SSSR count). The van der Waals surface area contributed by atoms with Gasteiger partial charge in [0.15, 0.2) is 0 Å². The summed E-state index contributed by atoms with van der Waals surface area (Å²) in [6.07, 6.45) is 0. The van der Waals surface area contributed by atoms with Gasteiger partial charge in [0.05, 0.1) is 12.3 Å². The molecule has 1 aliphatic heterocycles. The second-order valence-corrected chi connectivity index (χ2v) is 5.58. The number of anilines is 1. The summed E-state index contributed by atoms with van der Waals surface area (Å²) in [7, 11) is -1.73. The molecule has 94 valence electrons. The zero-order valence-corrected chi connectivity index (χ0v) is 10.5. The van der Waals surface area contributed by atoms with E-state index in [1.165, 1.54) is 0 Å². The molecule has 0 spiro atoms. The van der Waals surface area contributed by atoms with E-state index in [4.69, 9.17) is 4.74 Å². The Labute approximate surface area is 101 Å². The normalized spacial score (nSPS) is 18.5. The first-order valence-corrected chi connectivity index (χ1v) is 6.96. The van der Waals surface area contributed by atoms with Gasteiger partial charge < -0.3 is 9.64 Å². The standard InChI is InChI=1S/C11H16N2O3S/c1-16-9-8-13-7-6-12-17(14,15)11-5-3-2-4-10(11)13/h2-5,12H,6-9H2,1H3. The van der Waals surface area contributed by atoms with Crippen LogP contribution in [0.25, 0.3) is 0 Å². The second-order valence-electron chi connectivity index (χ2n) is 3.85. The molecule has 6 heteroatoms. The molecule has 17 heavy (non-hydrogen) atoms. The summed E-state index contributed by atoms with van der Waals surface area (Å²) in [6, 6.07) is 7.04. The SMILES string of the molecule is COCCN1CCNS(=O)(=O)c2ccccc21. The van der Waals surface area contributed by atoms with E-state index in [0.717, 1.165) is 5.69 Å². The number of para-hydroxylation sites is 1. The summed E-state index contributed by atoms with van der Waals surface area (Å²) in [5.74, 6) is 0. The van der Waals surface area contributed by atoms with Crippen molar-refractivity contribution >= 4 is 15.7 Å². The van der Waals surface area contributed by atoms with E-state index in [-0.39, 0.29) is 0 Å². The zero-order chi connectivity index (χ0) is 12.3. The van der Waals surface area contributed by atoms with Crippen LogP contribution >= 0.6 is 0 Å². The summed E-state index contributed by atoms with van der Waals surface area (Å²) in [5.41, 5.74) is 0.745. The maximum atomic E-state index is 11.9. The van der Waals surface area contributed by atoms with Crippen LogP contribution in [0.3, 0.4) is 0 Å². The molecule has 0 bridgehead atoms. The van der Waals surface area contributed by atoms with Crippen LogP contribution in [0.4, 0.5) is 5.69 Å². The smallest absolute Gasteiger partial charge is 0.242 e. The Morgan fingerprint density at radius 1 is 1.41 bits per heavy atom. The number of rotatable bonds is 3. The van der Waals surface area contributed by atoms with E-state index < -0.39 is 10.0 Å². The third-order valence-electron chi connectivity index (χ3n) is 2.73. The van der Waals surface area contributed by atoms with Crippen molar-refractivity contribution in [3.63, 3.8) is 0 Å². The van der Waals surface area contributed by atoms with Gasteiger partial charge in [0.25, 0.3) is 0 Å². The van der Waals surface area contributed by atoms with Gasteiger partial charge in [-0.1, -0.05) is 12.1 Å². The minimum absolute atomic E-state index is 0.341. The number of ether oxygens (including phenoxy) is 1. The number of sulfonamides is 1. The van der Waals surface area contributed by atoms with E-state index in [2.05, 4.69) is 4.72 Å². The highest BCUT2D eigenvalue weighted by molar-refractivity contribution is 7.89. The van der Waals surface area contributed by atoms with Gasteiger partial charge in [0, 0.05) is 26.7 Å². The van der Waals surface area contributed by atoms with Crippen molar-refractivity contribution in [1.29, 1.82) is 0 Å². The Morgan fingerprint density at radius 3 is 2.94 bits per heavy atom. The molecule has 0 aliphatic carbocycles. The van der Waals surface area contributed by atoms with Crippen LogP contribution in [0, 0.1) is 0 Å². The molecule has 0 aromatic heterocycles. The molecule has 0 saturated carbocycles. The van der Waals surface area contributed by atoms with Gasteiger partial charge in [-0.05, 0) is 12.1 Å². The predicted molar refractivity (Wildman–Crippen MR) is 65.7 cm³/mol. The number of hydrogen-bond donors (Lipinski definition) is 1. The van der Waals surface area contributed by atoms with Gasteiger partial charge in [0.2, 0.25) is 10.0 Å². The zero-order valence-electron chi connectivity index (χ0n) is 9.72. The van der Waals surface area contributed by atoms with Crippen molar-refractivity contribution in [3.8, 4) is 0 Å². The fraction of sp³-hybridized carbons (Fsp3) is 0.455. The molecular weight excluding hydrogens is 240 g/mol. The van der Waals surface area contributed by atoms with Crippen molar-refractivity contribution < 1.29 is 13.2 Å². The molecule has 1 aromatic carbocycles. The van der Waals surface area contributed by atoms with Crippen LogP contribution in [-0.2, 0) is 14.8 Å². The minimum atomic E-state index is -3.37. The number of fused-ring (bicyclic) bond motifs is 1. The molecule has 5 nitrogen and oxygen atoms in total. The number of hydrogen-bond acceptors (Lipinski definition) is 4. The number of nitrogens with one attached hydrogen (secondary N) is 1. The minimum Gasteiger partial charge on any atom is -0.383 e. The van der Waals surface area contributed by atoms with Crippen molar-refractivity contribution in [2.75, 3.05) is 38.3 Å². The Balaban J connectivity index is 2.40. The Hall–Kier alpha value is -1.11. The first-order chi connectivity index (χ1) is 8.15. The van der Waals surface area contributed by atoms with E-state index >= 15 is 0 Å². The Kier molecular flexibility index (Phi) is 3.66. The first-order valence-electron chi connectivity index (χ1n) is 5.48. The summed E-state index contributed by atoms with van der Waals surface area (Å²) >= 11 is 0. The third kappa shape index (κ3) is 2.59. The predicted octanol–water partition coefficient (Wildman–Crippen LogP) is 0.431. The van der Waals surface area contributed by atoms with E-state index in [1.54, 1.807) is 19.2 Å². The van der Waals surface area contributed by atoms with E-state index in [0.29, 0.717) is 31.1 Å². The molecule has 0 amide bonds. The highest BCUT2D eigenvalue weighted by Gasteiger charge is 2.24. The van der Waals surface area contributed by atoms with Crippen LogP contribution in [0.2, 0.25) is 0 Å². The van der Waals surface area contributed by atoms with E-state index in [1.807, 2.05) is 17.0 Å². The van der Waals surface area contributed by atoms with Crippen molar-refractivity contribution in [2.45, 2.75) is 4.90 Å². The molecule has 1 aliphatic rings. The first kappa shape index (κ1) is 12.3. The van der Waals surface area contributed by atoms with Crippen LogP contribution in [0.1, 0.15) is 0 Å². The van der Waals surface area contributed by atoms with Gasteiger partial charge in [-0.2, -0.15) is 0 Å². The lowest BCUT2D eigenvalue weighted by Crippen LogP contribution is -2.32. The average molecular weight is 256 g/mol. The van der Waals surface area contributed by atoms with E-state index in [9.17, 15) is 8.42 Å². The molecule has 0 atom stereocenters.